The highest BCUT2D eigenvalue weighted by atomic mass is 16.5. The van der Waals surface area contributed by atoms with Gasteiger partial charge in [-0.2, -0.15) is 0 Å². The van der Waals surface area contributed by atoms with E-state index in [2.05, 4.69) is 15.5 Å². The number of ether oxygens (including phenoxy) is 1. The smallest absolute Gasteiger partial charge is 0.252 e. The first-order valence-electron chi connectivity index (χ1n) is 10.0. The summed E-state index contributed by atoms with van der Waals surface area (Å²) in [6.07, 6.45) is 3.58. The second-order valence-corrected chi connectivity index (χ2v) is 7.33. The molecule has 1 amide bonds. The van der Waals surface area contributed by atoms with Crippen molar-refractivity contribution >= 4 is 5.91 Å². The summed E-state index contributed by atoms with van der Waals surface area (Å²) in [6.45, 7) is 4.05. The van der Waals surface area contributed by atoms with Gasteiger partial charge in [0, 0.05) is 25.0 Å². The zero-order valence-corrected chi connectivity index (χ0v) is 17.7. The Morgan fingerprint density at radius 3 is 2.65 bits per heavy atom. The number of aryl methyl sites for hydroxylation is 3. The summed E-state index contributed by atoms with van der Waals surface area (Å²) in [7, 11) is 1.91. The van der Waals surface area contributed by atoms with Crippen LogP contribution in [0.2, 0.25) is 0 Å². The van der Waals surface area contributed by atoms with Crippen LogP contribution in [-0.4, -0.2) is 20.6 Å². The second kappa shape index (κ2) is 8.87. The van der Waals surface area contributed by atoms with E-state index >= 15 is 0 Å². The zero-order valence-electron chi connectivity index (χ0n) is 17.7. The average Bonchev–Trinajstić information content (AvgIpc) is 3.35. The number of nitrogens with one attached hydrogen (secondary N) is 1. The van der Waals surface area contributed by atoms with Crippen molar-refractivity contribution in [2.24, 2.45) is 7.05 Å². The van der Waals surface area contributed by atoms with Crippen molar-refractivity contribution in [1.82, 2.24) is 20.0 Å². The molecule has 4 rings (SSSR count). The van der Waals surface area contributed by atoms with Crippen LogP contribution < -0.4 is 10.1 Å². The highest BCUT2D eigenvalue weighted by molar-refractivity contribution is 5.95. The van der Waals surface area contributed by atoms with Gasteiger partial charge in [0.15, 0.2) is 0 Å². The topological polar surface area (TPSA) is 82.2 Å². The molecule has 7 nitrogen and oxygen atoms in total. The van der Waals surface area contributed by atoms with Gasteiger partial charge >= 0.3 is 0 Å². The molecule has 0 saturated heterocycles. The first-order chi connectivity index (χ1) is 15.0. The Balaban J connectivity index is 1.53. The van der Waals surface area contributed by atoms with Crippen LogP contribution in [0.3, 0.4) is 0 Å². The maximum absolute atomic E-state index is 13.1. The average molecular weight is 416 g/mol. The number of aromatic nitrogens is 3. The van der Waals surface area contributed by atoms with Crippen molar-refractivity contribution < 1.29 is 14.1 Å². The zero-order chi connectivity index (χ0) is 21.8. The molecule has 0 bridgehead atoms. The molecule has 0 fully saturated rings. The predicted octanol–water partition coefficient (Wildman–Crippen LogP) is 4.12. The van der Waals surface area contributed by atoms with Gasteiger partial charge in [0.1, 0.15) is 30.0 Å². The number of nitrogens with zero attached hydrogens (tertiary/aromatic N) is 3. The third-order valence-corrected chi connectivity index (χ3v) is 5.19. The van der Waals surface area contributed by atoms with E-state index in [-0.39, 0.29) is 11.9 Å². The number of carbonyl (C=O) groups is 1. The lowest BCUT2D eigenvalue weighted by Gasteiger charge is -2.19. The Morgan fingerprint density at radius 1 is 1.16 bits per heavy atom. The molecule has 2 heterocycles. The van der Waals surface area contributed by atoms with Crippen molar-refractivity contribution in [3.05, 3.63) is 101 Å². The van der Waals surface area contributed by atoms with Crippen LogP contribution >= 0.6 is 0 Å². The Morgan fingerprint density at radius 2 is 1.97 bits per heavy atom. The lowest BCUT2D eigenvalue weighted by molar-refractivity contribution is 0.0940. The largest absolute Gasteiger partial charge is 0.489 e. The van der Waals surface area contributed by atoms with E-state index in [1.54, 1.807) is 24.4 Å². The molecule has 158 valence electrons. The SMILES string of the molecule is Cc1noc(C)c1COc1cccc(C(=O)NC(c2ccccc2)c2nccn2C)c1. The third kappa shape index (κ3) is 4.50. The molecule has 4 aromatic rings. The molecule has 0 saturated carbocycles. The summed E-state index contributed by atoms with van der Waals surface area (Å²) in [4.78, 5) is 17.5. The van der Waals surface area contributed by atoms with Gasteiger partial charge in [-0.3, -0.25) is 4.79 Å². The van der Waals surface area contributed by atoms with Crippen LogP contribution in [0.5, 0.6) is 5.75 Å². The van der Waals surface area contributed by atoms with Gasteiger partial charge in [-0.1, -0.05) is 41.6 Å². The fraction of sp³-hybridized carbons (Fsp3) is 0.208. The summed E-state index contributed by atoms with van der Waals surface area (Å²) in [6, 6.07) is 16.5. The van der Waals surface area contributed by atoms with Crippen molar-refractivity contribution in [2.45, 2.75) is 26.5 Å². The monoisotopic (exact) mass is 416 g/mol. The number of benzene rings is 2. The van der Waals surface area contributed by atoms with Crippen molar-refractivity contribution in [1.29, 1.82) is 0 Å². The molecule has 0 aliphatic rings. The fourth-order valence-electron chi connectivity index (χ4n) is 3.40. The molecule has 1 unspecified atom stereocenters. The van der Waals surface area contributed by atoms with Crippen LogP contribution in [0, 0.1) is 13.8 Å². The highest BCUT2D eigenvalue weighted by Gasteiger charge is 2.21. The Labute approximate surface area is 180 Å². The van der Waals surface area contributed by atoms with Crippen LogP contribution in [0.4, 0.5) is 0 Å². The lowest BCUT2D eigenvalue weighted by Crippen LogP contribution is -2.31. The Bertz CT molecular complexity index is 1160. The van der Waals surface area contributed by atoms with Crippen LogP contribution in [-0.2, 0) is 13.7 Å². The third-order valence-electron chi connectivity index (χ3n) is 5.19. The van der Waals surface area contributed by atoms with Gasteiger partial charge in [0.2, 0.25) is 0 Å². The Kier molecular flexibility index (Phi) is 5.84. The maximum atomic E-state index is 13.1. The van der Waals surface area contributed by atoms with Gasteiger partial charge < -0.3 is 19.1 Å². The first kappa shape index (κ1) is 20.4. The van der Waals surface area contributed by atoms with Crippen molar-refractivity contribution in [2.75, 3.05) is 0 Å². The molecule has 31 heavy (non-hydrogen) atoms. The number of imidazole rings is 1. The minimum atomic E-state index is -0.374. The van der Waals surface area contributed by atoms with Crippen molar-refractivity contribution in [3.63, 3.8) is 0 Å². The van der Waals surface area contributed by atoms with Gasteiger partial charge in [-0.25, -0.2) is 4.98 Å². The van der Waals surface area contributed by atoms with E-state index in [4.69, 9.17) is 9.26 Å². The van der Waals surface area contributed by atoms with E-state index in [9.17, 15) is 4.79 Å². The number of amides is 1. The minimum absolute atomic E-state index is 0.209. The lowest BCUT2D eigenvalue weighted by atomic mass is 10.1. The minimum Gasteiger partial charge on any atom is -0.489 e. The summed E-state index contributed by atoms with van der Waals surface area (Å²) < 4.78 is 13.0. The molecule has 0 radical (unpaired) electrons. The number of carbonyl (C=O) groups excluding carboxylic acids is 1. The second-order valence-electron chi connectivity index (χ2n) is 7.33. The molecule has 7 heteroatoms. The van der Waals surface area contributed by atoms with Crippen LogP contribution in [0.1, 0.15) is 44.8 Å². The molecule has 0 spiro atoms. The predicted molar refractivity (Wildman–Crippen MR) is 116 cm³/mol. The van der Waals surface area contributed by atoms with Gasteiger partial charge in [0.25, 0.3) is 5.91 Å². The molecular formula is C24H24N4O3. The van der Waals surface area contributed by atoms with E-state index in [0.29, 0.717) is 17.9 Å². The van der Waals surface area contributed by atoms with Gasteiger partial charge in [0.05, 0.1) is 11.3 Å². The summed E-state index contributed by atoms with van der Waals surface area (Å²) >= 11 is 0. The maximum Gasteiger partial charge on any atom is 0.252 e. The first-order valence-corrected chi connectivity index (χ1v) is 10.0. The summed E-state index contributed by atoms with van der Waals surface area (Å²) in [5.74, 6) is 1.87. The number of hydrogen-bond acceptors (Lipinski definition) is 5. The summed E-state index contributed by atoms with van der Waals surface area (Å²) in [5.41, 5.74) is 3.17. The van der Waals surface area contributed by atoms with E-state index in [1.165, 1.54) is 0 Å². The van der Waals surface area contributed by atoms with Crippen LogP contribution in [0.15, 0.2) is 71.5 Å². The molecule has 2 aromatic heterocycles. The molecule has 0 aliphatic carbocycles. The Hall–Kier alpha value is -3.87. The van der Waals surface area contributed by atoms with Gasteiger partial charge in [-0.15, -0.1) is 0 Å². The molecule has 2 aromatic carbocycles. The fourth-order valence-corrected chi connectivity index (χ4v) is 3.40. The quantitative estimate of drug-likeness (QED) is 0.490. The standard InChI is InChI=1S/C24H24N4O3/c1-16-21(17(2)31-27-16)15-30-20-11-7-10-19(14-20)24(29)26-22(18-8-5-4-6-9-18)23-25-12-13-28(23)3/h4-14,22H,15H2,1-3H3,(H,26,29). The van der Waals surface area contributed by atoms with Crippen LogP contribution in [0.25, 0.3) is 0 Å². The van der Waals surface area contributed by atoms with E-state index in [1.807, 2.05) is 68.1 Å². The molecule has 1 atom stereocenters. The van der Waals surface area contributed by atoms with Crippen molar-refractivity contribution in [3.8, 4) is 5.75 Å². The van der Waals surface area contributed by atoms with Gasteiger partial charge in [-0.05, 0) is 37.6 Å². The van der Waals surface area contributed by atoms with E-state index in [0.717, 1.165) is 28.4 Å². The summed E-state index contributed by atoms with van der Waals surface area (Å²) in [5, 5.41) is 7.05. The number of rotatable bonds is 7. The molecule has 0 aliphatic heterocycles. The molecule has 1 N–H and O–H groups in total. The molecular weight excluding hydrogens is 392 g/mol. The normalized spacial score (nSPS) is 11.8. The number of hydrogen-bond donors (Lipinski definition) is 1. The van der Waals surface area contributed by atoms with E-state index < -0.39 is 0 Å². The highest BCUT2D eigenvalue weighted by Crippen LogP contribution is 2.22.